The van der Waals surface area contributed by atoms with E-state index < -0.39 is 23.1 Å². The van der Waals surface area contributed by atoms with Gasteiger partial charge in [0.1, 0.15) is 11.8 Å². The van der Waals surface area contributed by atoms with Crippen LogP contribution in [0.25, 0.3) is 11.0 Å². The molecule has 0 saturated heterocycles. The van der Waals surface area contributed by atoms with E-state index in [1.807, 2.05) is 0 Å². The van der Waals surface area contributed by atoms with Crippen molar-refractivity contribution in [2.24, 2.45) is 0 Å². The van der Waals surface area contributed by atoms with Crippen molar-refractivity contribution in [3.05, 3.63) is 65.7 Å². The van der Waals surface area contributed by atoms with Crippen LogP contribution in [-0.4, -0.2) is 10.8 Å². The summed E-state index contributed by atoms with van der Waals surface area (Å²) in [7, 11) is 0. The first kappa shape index (κ1) is 13.4. The number of aromatic nitrogens is 1. The van der Waals surface area contributed by atoms with Gasteiger partial charge in [-0.3, -0.25) is 9.78 Å². The molecule has 2 aromatic heterocycles. The summed E-state index contributed by atoms with van der Waals surface area (Å²) in [4.78, 5) is 16.0. The van der Waals surface area contributed by atoms with Crippen molar-refractivity contribution in [3.63, 3.8) is 0 Å². The van der Waals surface area contributed by atoms with E-state index >= 15 is 0 Å². The SMILES string of the molecule is O=C(c1cnccc1C(F)(F)F)c1coc2ccccc12. The summed E-state index contributed by atoms with van der Waals surface area (Å²) in [6.45, 7) is 0. The molecule has 0 aliphatic rings. The predicted octanol–water partition coefficient (Wildman–Crippen LogP) is 4.08. The first-order valence-electron chi connectivity index (χ1n) is 6.00. The van der Waals surface area contributed by atoms with Gasteiger partial charge in [0.05, 0.1) is 16.7 Å². The molecule has 0 N–H and O–H groups in total. The Hall–Kier alpha value is -2.63. The number of para-hydroxylation sites is 1. The summed E-state index contributed by atoms with van der Waals surface area (Å²) in [6.07, 6.45) is -1.52. The molecular weight excluding hydrogens is 283 g/mol. The lowest BCUT2D eigenvalue weighted by Crippen LogP contribution is -2.14. The number of rotatable bonds is 2. The zero-order valence-corrected chi connectivity index (χ0v) is 10.5. The standard InChI is InChI=1S/C15H8F3NO2/c16-15(17,18)12-5-6-19-7-10(12)14(20)11-8-21-13-4-2-1-3-9(11)13/h1-8H. The van der Waals surface area contributed by atoms with E-state index in [1.54, 1.807) is 24.3 Å². The molecule has 0 aliphatic carbocycles. The smallest absolute Gasteiger partial charge is 0.417 e. The molecule has 6 heteroatoms. The van der Waals surface area contributed by atoms with Gasteiger partial charge in [-0.2, -0.15) is 13.2 Å². The summed E-state index contributed by atoms with van der Waals surface area (Å²) in [5.41, 5.74) is -0.966. The molecule has 0 saturated carbocycles. The summed E-state index contributed by atoms with van der Waals surface area (Å²) in [6, 6.07) is 7.44. The van der Waals surface area contributed by atoms with Crippen LogP contribution in [0.15, 0.2) is 53.4 Å². The number of carbonyl (C=O) groups is 1. The van der Waals surface area contributed by atoms with Crippen molar-refractivity contribution < 1.29 is 22.4 Å². The van der Waals surface area contributed by atoms with Gasteiger partial charge in [-0.15, -0.1) is 0 Å². The third-order valence-corrected chi connectivity index (χ3v) is 3.10. The maximum atomic E-state index is 13.0. The molecule has 106 valence electrons. The maximum Gasteiger partial charge on any atom is 0.417 e. The predicted molar refractivity (Wildman–Crippen MR) is 68.9 cm³/mol. The minimum absolute atomic E-state index is 0.0871. The topological polar surface area (TPSA) is 43.1 Å². The second-order valence-electron chi connectivity index (χ2n) is 4.39. The number of halogens is 3. The Labute approximate surface area is 117 Å². The lowest BCUT2D eigenvalue weighted by molar-refractivity contribution is -0.137. The first-order valence-corrected chi connectivity index (χ1v) is 6.00. The van der Waals surface area contributed by atoms with Crippen LogP contribution in [0.3, 0.4) is 0 Å². The molecule has 0 amide bonds. The van der Waals surface area contributed by atoms with Gasteiger partial charge in [-0.25, -0.2) is 0 Å². The van der Waals surface area contributed by atoms with Crippen molar-refractivity contribution in [1.29, 1.82) is 0 Å². The van der Waals surface area contributed by atoms with Gasteiger partial charge in [0.2, 0.25) is 0 Å². The van der Waals surface area contributed by atoms with Crippen molar-refractivity contribution in [1.82, 2.24) is 4.98 Å². The Morgan fingerprint density at radius 1 is 1.10 bits per heavy atom. The number of furan rings is 1. The van der Waals surface area contributed by atoms with Crippen LogP contribution in [0, 0.1) is 0 Å². The minimum atomic E-state index is -4.62. The maximum absolute atomic E-state index is 13.0. The number of carbonyl (C=O) groups excluding carboxylic acids is 1. The third-order valence-electron chi connectivity index (χ3n) is 3.10. The largest absolute Gasteiger partial charge is 0.464 e. The molecular formula is C15H8F3NO2. The molecule has 0 bridgehead atoms. The molecule has 3 rings (SSSR count). The molecule has 21 heavy (non-hydrogen) atoms. The molecule has 3 aromatic rings. The van der Waals surface area contributed by atoms with Crippen molar-refractivity contribution in [3.8, 4) is 0 Å². The van der Waals surface area contributed by atoms with Gasteiger partial charge in [-0.1, -0.05) is 18.2 Å². The highest BCUT2D eigenvalue weighted by Gasteiger charge is 2.35. The van der Waals surface area contributed by atoms with Gasteiger partial charge < -0.3 is 4.42 Å². The van der Waals surface area contributed by atoms with E-state index in [0.29, 0.717) is 11.0 Å². The number of benzene rings is 1. The number of hydrogen-bond donors (Lipinski definition) is 0. The second-order valence-corrected chi connectivity index (χ2v) is 4.39. The average molecular weight is 291 g/mol. The van der Waals surface area contributed by atoms with Crippen LogP contribution in [0.2, 0.25) is 0 Å². The van der Waals surface area contributed by atoms with Crippen LogP contribution in [0.5, 0.6) is 0 Å². The number of pyridine rings is 1. The fraction of sp³-hybridized carbons (Fsp3) is 0.0667. The molecule has 2 heterocycles. The van der Waals surface area contributed by atoms with E-state index in [0.717, 1.165) is 18.5 Å². The van der Waals surface area contributed by atoms with Gasteiger partial charge >= 0.3 is 6.18 Å². The van der Waals surface area contributed by atoms with Gasteiger partial charge in [0, 0.05) is 17.8 Å². The highest BCUT2D eigenvalue weighted by molar-refractivity contribution is 6.16. The van der Waals surface area contributed by atoms with E-state index in [2.05, 4.69) is 4.98 Å². The molecule has 3 nitrogen and oxygen atoms in total. The highest BCUT2D eigenvalue weighted by atomic mass is 19.4. The van der Waals surface area contributed by atoms with Crippen molar-refractivity contribution in [2.45, 2.75) is 6.18 Å². The Morgan fingerprint density at radius 3 is 2.62 bits per heavy atom. The summed E-state index contributed by atoms with van der Waals surface area (Å²) in [5.74, 6) is -0.764. The third kappa shape index (κ3) is 2.29. The Balaban J connectivity index is 2.16. The Kier molecular flexibility index (Phi) is 3.01. The fourth-order valence-electron chi connectivity index (χ4n) is 2.12. The van der Waals surface area contributed by atoms with Crippen LogP contribution in [0.4, 0.5) is 13.2 Å². The summed E-state index contributed by atoms with van der Waals surface area (Å²) in [5, 5.41) is 0.472. The zero-order chi connectivity index (χ0) is 15.0. The van der Waals surface area contributed by atoms with E-state index in [-0.39, 0.29) is 5.56 Å². The number of alkyl halides is 3. The average Bonchev–Trinajstić information content (AvgIpc) is 2.89. The first-order chi connectivity index (χ1) is 9.98. The Morgan fingerprint density at radius 2 is 1.86 bits per heavy atom. The zero-order valence-electron chi connectivity index (χ0n) is 10.5. The number of fused-ring (bicyclic) bond motifs is 1. The van der Waals surface area contributed by atoms with Crippen LogP contribution in [0.1, 0.15) is 21.5 Å². The van der Waals surface area contributed by atoms with E-state index in [1.165, 1.54) is 6.26 Å². The van der Waals surface area contributed by atoms with E-state index in [4.69, 9.17) is 4.42 Å². The molecule has 0 atom stereocenters. The molecule has 0 aliphatic heterocycles. The quantitative estimate of drug-likeness (QED) is 0.668. The molecule has 0 spiro atoms. The lowest BCUT2D eigenvalue weighted by Gasteiger charge is -2.10. The molecule has 1 aromatic carbocycles. The fourth-order valence-corrected chi connectivity index (χ4v) is 2.12. The molecule has 0 unspecified atom stereocenters. The summed E-state index contributed by atoms with van der Waals surface area (Å²) >= 11 is 0. The van der Waals surface area contributed by atoms with Crippen LogP contribution in [-0.2, 0) is 6.18 Å². The van der Waals surface area contributed by atoms with Crippen molar-refractivity contribution in [2.75, 3.05) is 0 Å². The highest BCUT2D eigenvalue weighted by Crippen LogP contribution is 2.33. The molecule has 0 radical (unpaired) electrons. The number of nitrogens with zero attached hydrogens (tertiary/aromatic N) is 1. The normalized spacial score (nSPS) is 11.8. The Bertz CT molecular complexity index is 821. The van der Waals surface area contributed by atoms with E-state index in [9.17, 15) is 18.0 Å². The monoisotopic (exact) mass is 291 g/mol. The molecule has 0 fully saturated rings. The van der Waals surface area contributed by atoms with Crippen LogP contribution >= 0.6 is 0 Å². The number of ketones is 1. The van der Waals surface area contributed by atoms with Crippen molar-refractivity contribution >= 4 is 16.8 Å². The minimum Gasteiger partial charge on any atom is -0.464 e. The van der Waals surface area contributed by atoms with Gasteiger partial charge in [-0.05, 0) is 12.1 Å². The number of hydrogen-bond acceptors (Lipinski definition) is 3. The van der Waals surface area contributed by atoms with Gasteiger partial charge in [0.15, 0.2) is 5.78 Å². The van der Waals surface area contributed by atoms with Crippen LogP contribution < -0.4 is 0 Å². The van der Waals surface area contributed by atoms with Gasteiger partial charge in [0.25, 0.3) is 0 Å². The lowest BCUT2D eigenvalue weighted by atomic mass is 10.00. The summed E-state index contributed by atoms with van der Waals surface area (Å²) < 4.78 is 44.1. The second kappa shape index (κ2) is 4.73.